The van der Waals surface area contributed by atoms with E-state index in [9.17, 15) is 4.79 Å². The lowest BCUT2D eigenvalue weighted by atomic mass is 10.0. The van der Waals surface area contributed by atoms with Crippen LogP contribution in [0.5, 0.6) is 0 Å². The lowest BCUT2D eigenvalue weighted by molar-refractivity contribution is 0.102. The van der Waals surface area contributed by atoms with Crippen LogP contribution in [0, 0.1) is 13.8 Å². The third-order valence-electron chi connectivity index (χ3n) is 6.14. The van der Waals surface area contributed by atoms with Crippen molar-refractivity contribution in [2.45, 2.75) is 39.7 Å². The first-order valence-electron chi connectivity index (χ1n) is 11.4. The number of nitrogens with zero attached hydrogens (tertiary/aromatic N) is 7. The highest BCUT2D eigenvalue weighted by Gasteiger charge is 2.24. The van der Waals surface area contributed by atoms with Crippen molar-refractivity contribution in [3.63, 3.8) is 0 Å². The molecule has 5 rings (SSSR count). The average molecular weight is 448 g/mol. The molecule has 10 heteroatoms. The van der Waals surface area contributed by atoms with Crippen molar-refractivity contribution < 1.29 is 4.79 Å². The summed E-state index contributed by atoms with van der Waals surface area (Å²) in [4.78, 5) is 29.1. The number of carbonyl (C=O) groups is 1. The Labute approximate surface area is 192 Å². The molecule has 4 aromatic rings. The van der Waals surface area contributed by atoms with Gasteiger partial charge in [-0.05, 0) is 33.2 Å². The number of hydrogen-bond acceptors (Lipinski definition) is 7. The van der Waals surface area contributed by atoms with Gasteiger partial charge >= 0.3 is 0 Å². The molecule has 0 aromatic carbocycles. The Bertz CT molecular complexity index is 1330. The normalized spacial score (nSPS) is 15.0. The van der Waals surface area contributed by atoms with Crippen LogP contribution in [0.3, 0.4) is 0 Å². The van der Waals surface area contributed by atoms with Crippen molar-refractivity contribution >= 4 is 34.1 Å². The number of nitrogens with one attached hydrogen (secondary N) is 2. The predicted molar refractivity (Wildman–Crippen MR) is 128 cm³/mol. The number of piperidine rings is 1. The van der Waals surface area contributed by atoms with Gasteiger partial charge in [0.25, 0.3) is 5.91 Å². The Kier molecular flexibility index (Phi) is 5.45. The minimum atomic E-state index is -0.283. The first-order chi connectivity index (χ1) is 15.9. The van der Waals surface area contributed by atoms with Gasteiger partial charge in [0.05, 0.1) is 28.5 Å². The molecule has 1 saturated heterocycles. The van der Waals surface area contributed by atoms with Crippen LogP contribution in [0.4, 0.5) is 11.6 Å². The highest BCUT2D eigenvalue weighted by Crippen LogP contribution is 2.29. The Morgan fingerprint density at radius 3 is 2.70 bits per heavy atom. The fraction of sp³-hybridized carbons (Fsp3) is 0.435. The van der Waals surface area contributed by atoms with Gasteiger partial charge in [0.1, 0.15) is 11.3 Å². The number of pyridine rings is 1. The molecule has 0 saturated carbocycles. The molecule has 0 unspecified atom stereocenters. The van der Waals surface area contributed by atoms with Gasteiger partial charge in [-0.2, -0.15) is 5.10 Å². The molecule has 33 heavy (non-hydrogen) atoms. The molecule has 0 aliphatic carbocycles. The maximum absolute atomic E-state index is 13.2. The number of anilines is 2. The Morgan fingerprint density at radius 1 is 1.15 bits per heavy atom. The number of carbonyl (C=O) groups excluding carboxylic acids is 1. The summed E-state index contributed by atoms with van der Waals surface area (Å²) >= 11 is 0. The van der Waals surface area contributed by atoms with E-state index in [1.165, 1.54) is 0 Å². The summed E-state index contributed by atoms with van der Waals surface area (Å²) < 4.78 is 3.61. The standard InChI is InChI=1S/C23H29N9O/c1-5-24-16-6-8-31(9-7-16)22-18-12-30(4)29-20(18)17(10-25-22)23(33)28-19-13-32-11-14(2)26-15(3)21(32)27-19/h10-13,16,24H,5-9H2,1-4H3,(H,28,33). The zero-order valence-electron chi connectivity index (χ0n) is 19.5. The topological polar surface area (TPSA) is 105 Å². The van der Waals surface area contributed by atoms with Gasteiger partial charge < -0.3 is 19.9 Å². The van der Waals surface area contributed by atoms with Crippen LogP contribution >= 0.6 is 0 Å². The summed E-state index contributed by atoms with van der Waals surface area (Å²) in [6.45, 7) is 8.81. The smallest absolute Gasteiger partial charge is 0.260 e. The number of imidazole rings is 1. The van der Waals surface area contributed by atoms with Gasteiger partial charge in [-0.15, -0.1) is 0 Å². The van der Waals surface area contributed by atoms with Gasteiger partial charge in [-0.1, -0.05) is 6.92 Å². The minimum Gasteiger partial charge on any atom is -0.356 e. The lowest BCUT2D eigenvalue weighted by Crippen LogP contribution is -2.42. The van der Waals surface area contributed by atoms with Crippen LogP contribution in [-0.2, 0) is 7.05 Å². The summed E-state index contributed by atoms with van der Waals surface area (Å²) in [7, 11) is 1.86. The number of hydrogen-bond donors (Lipinski definition) is 2. The number of fused-ring (bicyclic) bond motifs is 2. The van der Waals surface area contributed by atoms with Crippen molar-refractivity contribution in [2.24, 2.45) is 7.05 Å². The van der Waals surface area contributed by atoms with E-state index in [0.717, 1.165) is 55.1 Å². The summed E-state index contributed by atoms with van der Waals surface area (Å²) in [6, 6.07) is 0.550. The zero-order chi connectivity index (χ0) is 23.1. The number of amides is 1. The summed E-state index contributed by atoms with van der Waals surface area (Å²) in [5.41, 5.74) is 3.49. The van der Waals surface area contributed by atoms with E-state index in [0.29, 0.717) is 28.6 Å². The number of aryl methyl sites for hydroxylation is 3. The molecule has 5 heterocycles. The van der Waals surface area contributed by atoms with E-state index >= 15 is 0 Å². The van der Waals surface area contributed by atoms with Crippen molar-refractivity contribution in [3.8, 4) is 0 Å². The molecular weight excluding hydrogens is 418 g/mol. The van der Waals surface area contributed by atoms with Crippen molar-refractivity contribution in [1.82, 2.24) is 34.4 Å². The van der Waals surface area contributed by atoms with Crippen LogP contribution in [0.25, 0.3) is 16.6 Å². The molecule has 1 amide bonds. The Morgan fingerprint density at radius 2 is 1.94 bits per heavy atom. The van der Waals surface area contributed by atoms with Crippen LogP contribution < -0.4 is 15.5 Å². The molecule has 10 nitrogen and oxygen atoms in total. The molecule has 0 spiro atoms. The monoisotopic (exact) mass is 447 g/mol. The molecule has 1 fully saturated rings. The number of rotatable bonds is 5. The van der Waals surface area contributed by atoms with Gasteiger partial charge in [-0.25, -0.2) is 9.97 Å². The second-order valence-corrected chi connectivity index (χ2v) is 8.66. The van der Waals surface area contributed by atoms with Gasteiger partial charge in [-0.3, -0.25) is 14.5 Å². The molecule has 0 bridgehead atoms. The molecule has 1 aliphatic rings. The SMILES string of the molecule is CCNC1CCN(c2ncc(C(=O)Nc3cn4cc(C)nc(C)c4n3)c3nn(C)cc23)CC1. The number of aromatic nitrogens is 6. The average Bonchev–Trinajstić information content (AvgIpc) is 3.36. The fourth-order valence-corrected chi connectivity index (χ4v) is 4.66. The van der Waals surface area contributed by atoms with E-state index in [4.69, 9.17) is 4.98 Å². The molecule has 0 atom stereocenters. The van der Waals surface area contributed by atoms with Crippen molar-refractivity contribution in [2.75, 3.05) is 29.9 Å². The van der Waals surface area contributed by atoms with Gasteiger partial charge in [0.2, 0.25) is 0 Å². The van der Waals surface area contributed by atoms with Crippen LogP contribution in [0.15, 0.2) is 24.8 Å². The van der Waals surface area contributed by atoms with Gasteiger partial charge in [0, 0.05) is 44.8 Å². The second-order valence-electron chi connectivity index (χ2n) is 8.66. The predicted octanol–water partition coefficient (Wildman–Crippen LogP) is 2.46. The van der Waals surface area contributed by atoms with Crippen LogP contribution in [-0.4, -0.2) is 60.7 Å². The van der Waals surface area contributed by atoms with E-state index in [2.05, 4.69) is 37.5 Å². The van der Waals surface area contributed by atoms with E-state index < -0.39 is 0 Å². The zero-order valence-corrected chi connectivity index (χ0v) is 19.5. The molecule has 0 radical (unpaired) electrons. The largest absolute Gasteiger partial charge is 0.356 e. The molecule has 2 N–H and O–H groups in total. The van der Waals surface area contributed by atoms with Crippen LogP contribution in [0.2, 0.25) is 0 Å². The molecule has 172 valence electrons. The minimum absolute atomic E-state index is 0.283. The first kappa shape index (κ1) is 21.3. The van der Waals surface area contributed by atoms with Crippen LogP contribution in [0.1, 0.15) is 41.5 Å². The van der Waals surface area contributed by atoms with E-state index in [1.54, 1.807) is 17.1 Å². The highest BCUT2D eigenvalue weighted by molar-refractivity contribution is 6.12. The summed E-state index contributed by atoms with van der Waals surface area (Å²) in [5, 5.41) is 11.9. The van der Waals surface area contributed by atoms with Crippen molar-refractivity contribution in [1.29, 1.82) is 0 Å². The van der Waals surface area contributed by atoms with E-state index in [1.807, 2.05) is 37.7 Å². The van der Waals surface area contributed by atoms with E-state index in [-0.39, 0.29) is 5.91 Å². The first-order valence-corrected chi connectivity index (χ1v) is 11.4. The third-order valence-corrected chi connectivity index (χ3v) is 6.14. The summed E-state index contributed by atoms with van der Waals surface area (Å²) in [5.74, 6) is 1.07. The summed E-state index contributed by atoms with van der Waals surface area (Å²) in [6.07, 6.45) is 9.39. The molecule has 4 aromatic heterocycles. The lowest BCUT2D eigenvalue weighted by Gasteiger charge is -2.33. The maximum atomic E-state index is 13.2. The highest BCUT2D eigenvalue weighted by atomic mass is 16.1. The quantitative estimate of drug-likeness (QED) is 0.484. The Hall–Kier alpha value is -3.53. The second kappa shape index (κ2) is 8.43. The Balaban J connectivity index is 1.43. The molecular formula is C23H29N9O. The maximum Gasteiger partial charge on any atom is 0.260 e. The fourth-order valence-electron chi connectivity index (χ4n) is 4.66. The van der Waals surface area contributed by atoms with Gasteiger partial charge in [0.15, 0.2) is 11.5 Å². The third kappa shape index (κ3) is 4.02. The molecule has 1 aliphatic heterocycles. The van der Waals surface area contributed by atoms with Crippen molar-refractivity contribution in [3.05, 3.63) is 41.7 Å².